The van der Waals surface area contributed by atoms with E-state index in [9.17, 15) is 4.79 Å². The summed E-state index contributed by atoms with van der Waals surface area (Å²) in [7, 11) is 2.00. The molecule has 0 saturated carbocycles. The number of nitrogens with zero attached hydrogens (tertiary/aromatic N) is 2. The van der Waals surface area contributed by atoms with Crippen molar-refractivity contribution in [3.63, 3.8) is 0 Å². The molecular weight excluding hydrogens is 272 g/mol. The minimum absolute atomic E-state index is 0.208. The molecule has 118 valence electrons. The number of likely N-dealkylation sites (N-methyl/N-ethyl adjacent to an activating group) is 1. The molecule has 3 nitrogen and oxygen atoms in total. The van der Waals surface area contributed by atoms with Gasteiger partial charge in [0.05, 0.1) is 6.54 Å². The molecule has 0 unspecified atom stereocenters. The van der Waals surface area contributed by atoms with Crippen molar-refractivity contribution in [2.24, 2.45) is 0 Å². The number of amides is 1. The van der Waals surface area contributed by atoms with Crippen LogP contribution in [0.4, 0.5) is 5.69 Å². The lowest BCUT2D eigenvalue weighted by Crippen LogP contribution is -2.40. The Kier molecular flexibility index (Phi) is 5.82. The average Bonchev–Trinajstić information content (AvgIpc) is 2.54. The maximum atomic E-state index is 12.5. The van der Waals surface area contributed by atoms with Crippen LogP contribution in [0.3, 0.4) is 0 Å². The topological polar surface area (TPSA) is 23.6 Å². The van der Waals surface area contributed by atoms with Crippen LogP contribution in [0.25, 0.3) is 10.8 Å². The van der Waals surface area contributed by atoms with Gasteiger partial charge < -0.3 is 9.80 Å². The largest absolute Gasteiger partial charge is 0.365 e. The zero-order valence-corrected chi connectivity index (χ0v) is 13.9. The molecule has 0 radical (unpaired) electrons. The monoisotopic (exact) mass is 298 g/mol. The maximum Gasteiger partial charge on any atom is 0.242 e. The number of benzene rings is 2. The Bertz CT molecular complexity index is 612. The van der Waals surface area contributed by atoms with Crippen molar-refractivity contribution in [3.8, 4) is 0 Å². The second-order valence-electron chi connectivity index (χ2n) is 5.74. The smallest absolute Gasteiger partial charge is 0.242 e. The highest BCUT2D eigenvalue weighted by Gasteiger charge is 2.15. The zero-order chi connectivity index (χ0) is 15.9. The number of hydrogen-bond acceptors (Lipinski definition) is 2. The Morgan fingerprint density at radius 1 is 0.955 bits per heavy atom. The molecule has 0 aliphatic rings. The van der Waals surface area contributed by atoms with E-state index in [4.69, 9.17) is 0 Å². The summed E-state index contributed by atoms with van der Waals surface area (Å²) >= 11 is 0. The molecule has 2 aromatic rings. The molecule has 0 aliphatic carbocycles. The first-order valence-corrected chi connectivity index (χ1v) is 8.14. The van der Waals surface area contributed by atoms with Crippen LogP contribution in [-0.2, 0) is 4.79 Å². The van der Waals surface area contributed by atoms with E-state index in [1.54, 1.807) is 0 Å². The predicted molar refractivity (Wildman–Crippen MR) is 94.4 cm³/mol. The highest BCUT2D eigenvalue weighted by atomic mass is 16.2. The van der Waals surface area contributed by atoms with E-state index in [2.05, 4.69) is 49.1 Å². The van der Waals surface area contributed by atoms with Gasteiger partial charge >= 0.3 is 0 Å². The van der Waals surface area contributed by atoms with Gasteiger partial charge in [-0.2, -0.15) is 0 Å². The Morgan fingerprint density at radius 3 is 2.27 bits per heavy atom. The normalized spacial score (nSPS) is 10.7. The van der Waals surface area contributed by atoms with Crippen LogP contribution < -0.4 is 4.90 Å². The molecule has 0 aromatic heterocycles. The molecule has 0 fully saturated rings. The molecule has 0 bridgehead atoms. The molecule has 2 rings (SSSR count). The molecule has 0 spiro atoms. The van der Waals surface area contributed by atoms with Crippen molar-refractivity contribution in [2.75, 3.05) is 31.6 Å². The van der Waals surface area contributed by atoms with E-state index in [1.165, 1.54) is 10.8 Å². The van der Waals surface area contributed by atoms with Gasteiger partial charge in [0.1, 0.15) is 0 Å². The number of carbonyl (C=O) groups is 1. The number of rotatable bonds is 7. The van der Waals surface area contributed by atoms with Gasteiger partial charge in [0.2, 0.25) is 5.91 Å². The summed E-state index contributed by atoms with van der Waals surface area (Å²) in [5.74, 6) is 0.208. The molecular formula is C19H26N2O. The van der Waals surface area contributed by atoms with Gasteiger partial charge in [0.25, 0.3) is 0 Å². The quantitative estimate of drug-likeness (QED) is 0.773. The average molecular weight is 298 g/mol. The second kappa shape index (κ2) is 7.83. The van der Waals surface area contributed by atoms with Gasteiger partial charge in [0, 0.05) is 31.2 Å². The fourth-order valence-corrected chi connectivity index (χ4v) is 2.83. The first-order valence-electron chi connectivity index (χ1n) is 8.14. The molecule has 1 amide bonds. The Morgan fingerprint density at radius 2 is 1.59 bits per heavy atom. The van der Waals surface area contributed by atoms with Crippen molar-refractivity contribution in [2.45, 2.75) is 26.7 Å². The molecule has 0 atom stereocenters. The predicted octanol–water partition coefficient (Wildman–Crippen LogP) is 3.92. The van der Waals surface area contributed by atoms with E-state index in [0.29, 0.717) is 6.54 Å². The summed E-state index contributed by atoms with van der Waals surface area (Å²) in [4.78, 5) is 16.6. The summed E-state index contributed by atoms with van der Waals surface area (Å²) in [6.07, 6.45) is 2.01. The molecule has 2 aromatic carbocycles. The van der Waals surface area contributed by atoms with Gasteiger partial charge in [-0.15, -0.1) is 0 Å². The van der Waals surface area contributed by atoms with Crippen molar-refractivity contribution >= 4 is 22.4 Å². The third-order valence-corrected chi connectivity index (χ3v) is 3.89. The SMILES string of the molecule is CCCN(CCC)C(=O)CN(C)c1cccc2ccccc12. The van der Waals surface area contributed by atoms with Crippen LogP contribution in [0.2, 0.25) is 0 Å². The van der Waals surface area contributed by atoms with Crippen LogP contribution in [0, 0.1) is 0 Å². The van der Waals surface area contributed by atoms with Gasteiger partial charge in [-0.3, -0.25) is 4.79 Å². The van der Waals surface area contributed by atoms with Gasteiger partial charge in [-0.1, -0.05) is 50.2 Å². The summed E-state index contributed by atoms with van der Waals surface area (Å²) in [5, 5.41) is 2.40. The highest BCUT2D eigenvalue weighted by molar-refractivity contribution is 5.95. The fraction of sp³-hybridized carbons (Fsp3) is 0.421. The Balaban J connectivity index is 2.16. The van der Waals surface area contributed by atoms with Gasteiger partial charge in [0.15, 0.2) is 0 Å². The maximum absolute atomic E-state index is 12.5. The molecule has 3 heteroatoms. The Hall–Kier alpha value is -2.03. The first-order chi connectivity index (χ1) is 10.7. The van der Waals surface area contributed by atoms with Gasteiger partial charge in [-0.25, -0.2) is 0 Å². The standard InChI is InChI=1S/C19H26N2O/c1-4-13-21(14-5-2)19(22)15-20(3)18-12-8-10-16-9-6-7-11-17(16)18/h6-12H,4-5,13-15H2,1-3H3. The number of anilines is 1. The van der Waals surface area contributed by atoms with Crippen LogP contribution in [0.15, 0.2) is 42.5 Å². The molecule has 22 heavy (non-hydrogen) atoms. The lowest BCUT2D eigenvalue weighted by atomic mass is 10.1. The molecule has 0 saturated heterocycles. The minimum Gasteiger partial charge on any atom is -0.365 e. The number of carbonyl (C=O) groups excluding carboxylic acids is 1. The van der Waals surface area contributed by atoms with Crippen molar-refractivity contribution in [1.29, 1.82) is 0 Å². The van der Waals surface area contributed by atoms with Crippen LogP contribution in [0.1, 0.15) is 26.7 Å². The third kappa shape index (κ3) is 3.79. The summed E-state index contributed by atoms with van der Waals surface area (Å²) < 4.78 is 0. The number of hydrogen-bond donors (Lipinski definition) is 0. The first kappa shape index (κ1) is 16.3. The van der Waals surface area contributed by atoms with Crippen LogP contribution in [-0.4, -0.2) is 37.5 Å². The second-order valence-corrected chi connectivity index (χ2v) is 5.74. The summed E-state index contributed by atoms with van der Waals surface area (Å²) in [5.41, 5.74) is 1.11. The zero-order valence-electron chi connectivity index (χ0n) is 13.9. The van der Waals surface area contributed by atoms with Crippen molar-refractivity contribution in [3.05, 3.63) is 42.5 Å². The summed E-state index contributed by atoms with van der Waals surface area (Å²) in [6, 6.07) is 14.5. The third-order valence-electron chi connectivity index (χ3n) is 3.89. The van der Waals surface area contributed by atoms with E-state index >= 15 is 0 Å². The minimum atomic E-state index is 0.208. The van der Waals surface area contributed by atoms with E-state index in [-0.39, 0.29) is 5.91 Å². The molecule has 0 heterocycles. The highest BCUT2D eigenvalue weighted by Crippen LogP contribution is 2.25. The summed E-state index contributed by atoms with van der Waals surface area (Å²) in [6.45, 7) is 6.34. The van der Waals surface area contributed by atoms with Crippen LogP contribution in [0.5, 0.6) is 0 Å². The van der Waals surface area contributed by atoms with E-state index < -0.39 is 0 Å². The van der Waals surface area contributed by atoms with Crippen molar-refractivity contribution in [1.82, 2.24) is 4.90 Å². The number of fused-ring (bicyclic) bond motifs is 1. The lowest BCUT2D eigenvalue weighted by Gasteiger charge is -2.26. The van der Waals surface area contributed by atoms with E-state index in [1.807, 2.05) is 24.1 Å². The van der Waals surface area contributed by atoms with Gasteiger partial charge in [-0.05, 0) is 24.3 Å². The fourth-order valence-electron chi connectivity index (χ4n) is 2.83. The molecule has 0 N–H and O–H groups in total. The van der Waals surface area contributed by atoms with Crippen molar-refractivity contribution < 1.29 is 4.79 Å². The molecule has 0 aliphatic heterocycles. The van der Waals surface area contributed by atoms with Crippen LogP contribution >= 0.6 is 0 Å². The Labute approximate surface area is 133 Å². The van der Waals surface area contributed by atoms with E-state index in [0.717, 1.165) is 31.6 Å². The lowest BCUT2D eigenvalue weighted by molar-refractivity contribution is -0.129.